The third kappa shape index (κ3) is 3.53. The predicted molar refractivity (Wildman–Crippen MR) is 136 cm³/mol. The maximum absolute atomic E-state index is 13.7. The maximum atomic E-state index is 13.7. The summed E-state index contributed by atoms with van der Waals surface area (Å²) in [6, 6.07) is 2.03. The van der Waals surface area contributed by atoms with Gasteiger partial charge in [-0.3, -0.25) is 4.79 Å². The summed E-state index contributed by atoms with van der Waals surface area (Å²) < 4.78 is 1.77. The molecule has 0 unspecified atom stereocenters. The van der Waals surface area contributed by atoms with Gasteiger partial charge in [0.2, 0.25) is 5.65 Å². The monoisotopic (exact) mass is 478 g/mol. The van der Waals surface area contributed by atoms with E-state index in [0.717, 1.165) is 42.2 Å². The van der Waals surface area contributed by atoms with Gasteiger partial charge in [-0.1, -0.05) is 19.1 Å². The standard InChI is InChI=1S/C29H42N4O2/c1-5-29-13-12-27(3,35)15-19(29)6-7-20-21-8-9-23(28(21,4)11-10-22(20)29)25(34)17-33-24-14-18(2)16-30-26(24)31-32-33/h14,16,19-23,35H,5-13,15,17H2,1-4H3/t19-,20-,21-,22-,23+,27+,28-,29-/m0/s1. The van der Waals surface area contributed by atoms with Crippen molar-refractivity contribution in [2.75, 3.05) is 0 Å². The van der Waals surface area contributed by atoms with E-state index in [2.05, 4.69) is 36.1 Å². The Morgan fingerprint density at radius 2 is 1.94 bits per heavy atom. The Morgan fingerprint density at radius 1 is 1.11 bits per heavy atom. The number of pyridine rings is 1. The number of carbonyl (C=O) groups excluding carboxylic acids is 1. The van der Waals surface area contributed by atoms with E-state index in [1.807, 2.05) is 13.0 Å². The molecular weight excluding hydrogens is 436 g/mol. The number of ketones is 1. The van der Waals surface area contributed by atoms with Gasteiger partial charge in [0.15, 0.2) is 5.78 Å². The minimum atomic E-state index is -0.482. The van der Waals surface area contributed by atoms with E-state index < -0.39 is 5.60 Å². The second-order valence-electron chi connectivity index (χ2n) is 13.2. The van der Waals surface area contributed by atoms with Crippen molar-refractivity contribution < 1.29 is 9.90 Å². The lowest BCUT2D eigenvalue weighted by Crippen LogP contribution is -2.56. The molecule has 6 rings (SSSR count). The summed E-state index contributed by atoms with van der Waals surface area (Å²) >= 11 is 0. The fraction of sp³-hybridized carbons (Fsp3) is 0.793. The molecule has 6 nitrogen and oxygen atoms in total. The first kappa shape index (κ1) is 23.6. The fourth-order valence-corrected chi connectivity index (χ4v) is 9.81. The zero-order valence-corrected chi connectivity index (χ0v) is 22.0. The Bertz CT molecular complexity index is 1140. The number of aryl methyl sites for hydroxylation is 1. The molecule has 35 heavy (non-hydrogen) atoms. The topological polar surface area (TPSA) is 80.9 Å². The number of fused-ring (bicyclic) bond motifs is 6. The molecule has 0 radical (unpaired) electrons. The van der Waals surface area contributed by atoms with E-state index in [9.17, 15) is 9.90 Å². The van der Waals surface area contributed by atoms with Gasteiger partial charge in [0.1, 0.15) is 12.1 Å². The Kier molecular flexibility index (Phi) is 5.45. The van der Waals surface area contributed by atoms with Crippen molar-refractivity contribution in [2.24, 2.45) is 40.4 Å². The smallest absolute Gasteiger partial charge is 0.201 e. The second kappa shape index (κ2) is 8.09. The average Bonchev–Trinajstić information content (AvgIpc) is 3.38. The molecule has 190 valence electrons. The van der Waals surface area contributed by atoms with Crippen LogP contribution in [0.15, 0.2) is 12.3 Å². The first-order chi connectivity index (χ1) is 16.7. The Morgan fingerprint density at radius 3 is 2.74 bits per heavy atom. The number of Topliss-reactive ketones (excluding diaryl/α,β-unsaturated/α-hetero) is 1. The molecular formula is C29H42N4O2. The van der Waals surface area contributed by atoms with Crippen LogP contribution in [0.4, 0.5) is 0 Å². The fourth-order valence-electron chi connectivity index (χ4n) is 9.81. The lowest BCUT2D eigenvalue weighted by molar-refractivity contribution is -0.158. The highest BCUT2D eigenvalue weighted by atomic mass is 16.3. The highest BCUT2D eigenvalue weighted by molar-refractivity contribution is 5.83. The van der Waals surface area contributed by atoms with Gasteiger partial charge in [0.25, 0.3) is 0 Å². The molecule has 0 aliphatic heterocycles. The molecule has 2 aromatic rings. The molecule has 0 amide bonds. The van der Waals surface area contributed by atoms with Crippen LogP contribution >= 0.6 is 0 Å². The number of aromatic nitrogens is 4. The van der Waals surface area contributed by atoms with Crippen LogP contribution in [0.5, 0.6) is 0 Å². The minimum absolute atomic E-state index is 0.102. The Hall–Kier alpha value is -1.82. The van der Waals surface area contributed by atoms with Gasteiger partial charge in [0.05, 0.1) is 5.60 Å². The summed E-state index contributed by atoms with van der Waals surface area (Å²) in [6.07, 6.45) is 13.3. The van der Waals surface area contributed by atoms with Crippen molar-refractivity contribution in [3.8, 4) is 0 Å². The van der Waals surface area contributed by atoms with Crippen LogP contribution in [0, 0.1) is 47.3 Å². The summed E-state index contributed by atoms with van der Waals surface area (Å²) in [7, 11) is 0. The second-order valence-corrected chi connectivity index (χ2v) is 13.2. The highest BCUT2D eigenvalue weighted by Crippen LogP contribution is 2.69. The van der Waals surface area contributed by atoms with Gasteiger partial charge >= 0.3 is 0 Å². The van der Waals surface area contributed by atoms with Crippen LogP contribution in [0.25, 0.3) is 11.2 Å². The molecule has 1 N–H and O–H groups in total. The third-order valence-corrected chi connectivity index (χ3v) is 11.5. The molecule has 4 saturated carbocycles. The van der Waals surface area contributed by atoms with E-state index in [0.29, 0.717) is 35.2 Å². The average molecular weight is 479 g/mol. The van der Waals surface area contributed by atoms with Gasteiger partial charge in [0, 0.05) is 12.1 Å². The summed E-state index contributed by atoms with van der Waals surface area (Å²) in [6.45, 7) is 9.21. The largest absolute Gasteiger partial charge is 0.390 e. The van der Waals surface area contributed by atoms with Gasteiger partial charge in [-0.2, -0.15) is 0 Å². The molecule has 0 saturated heterocycles. The van der Waals surface area contributed by atoms with Crippen molar-refractivity contribution in [1.82, 2.24) is 20.0 Å². The summed E-state index contributed by atoms with van der Waals surface area (Å²) in [4.78, 5) is 18.1. The van der Waals surface area contributed by atoms with Crippen LogP contribution in [-0.2, 0) is 11.3 Å². The molecule has 2 aromatic heterocycles. The van der Waals surface area contributed by atoms with Crippen LogP contribution in [0.2, 0.25) is 0 Å². The van der Waals surface area contributed by atoms with Gasteiger partial charge in [-0.25, -0.2) is 9.67 Å². The lowest BCUT2D eigenvalue weighted by Gasteiger charge is -2.63. The Balaban J connectivity index is 1.23. The molecule has 0 spiro atoms. The molecule has 4 fully saturated rings. The van der Waals surface area contributed by atoms with Crippen molar-refractivity contribution in [1.29, 1.82) is 0 Å². The van der Waals surface area contributed by atoms with Gasteiger partial charge in [-0.15, -0.1) is 5.10 Å². The highest BCUT2D eigenvalue weighted by Gasteiger charge is 2.62. The molecule has 4 aliphatic rings. The molecule has 8 atom stereocenters. The van der Waals surface area contributed by atoms with E-state index >= 15 is 0 Å². The molecule has 0 bridgehead atoms. The van der Waals surface area contributed by atoms with Crippen molar-refractivity contribution in [2.45, 2.75) is 104 Å². The number of carbonyl (C=O) groups is 1. The van der Waals surface area contributed by atoms with Crippen LogP contribution in [0.1, 0.15) is 90.5 Å². The normalized spacial score (nSPS) is 42.9. The first-order valence-corrected chi connectivity index (χ1v) is 14.1. The van der Waals surface area contributed by atoms with Crippen molar-refractivity contribution >= 4 is 16.9 Å². The maximum Gasteiger partial charge on any atom is 0.201 e. The third-order valence-electron chi connectivity index (χ3n) is 11.5. The van der Waals surface area contributed by atoms with E-state index in [1.54, 1.807) is 10.9 Å². The SMILES string of the molecule is CC[C@]12CC[C@@](C)(O)C[C@@H]1CC[C@H]1[C@@H]3CC[C@H](C(=O)Cn4nnc5ncc(C)cc54)[C@@]3(C)CC[C@@H]12. The number of hydrogen-bond donors (Lipinski definition) is 1. The summed E-state index contributed by atoms with van der Waals surface area (Å²) in [5.74, 6) is 3.27. The number of nitrogens with zero attached hydrogens (tertiary/aromatic N) is 4. The first-order valence-electron chi connectivity index (χ1n) is 14.1. The van der Waals surface area contributed by atoms with Crippen LogP contribution in [-0.4, -0.2) is 36.5 Å². The molecule has 0 aromatic carbocycles. The van der Waals surface area contributed by atoms with E-state index in [4.69, 9.17) is 0 Å². The lowest BCUT2D eigenvalue weighted by atomic mass is 9.42. The molecule has 2 heterocycles. The van der Waals surface area contributed by atoms with Crippen LogP contribution < -0.4 is 0 Å². The number of hydrogen-bond acceptors (Lipinski definition) is 5. The quantitative estimate of drug-likeness (QED) is 0.627. The number of aliphatic hydroxyl groups is 1. The molecule has 4 aliphatic carbocycles. The van der Waals surface area contributed by atoms with Crippen LogP contribution in [0.3, 0.4) is 0 Å². The summed E-state index contributed by atoms with van der Waals surface area (Å²) in [5, 5.41) is 19.3. The van der Waals surface area contributed by atoms with E-state index in [1.165, 1.54) is 44.9 Å². The van der Waals surface area contributed by atoms with Crippen molar-refractivity contribution in [3.05, 3.63) is 17.8 Å². The minimum Gasteiger partial charge on any atom is -0.390 e. The molecule has 6 heteroatoms. The summed E-state index contributed by atoms with van der Waals surface area (Å²) in [5.41, 5.74) is 2.56. The Labute approximate surface area is 209 Å². The van der Waals surface area contributed by atoms with E-state index in [-0.39, 0.29) is 11.3 Å². The van der Waals surface area contributed by atoms with Gasteiger partial charge < -0.3 is 5.11 Å². The van der Waals surface area contributed by atoms with Crippen molar-refractivity contribution in [3.63, 3.8) is 0 Å². The predicted octanol–water partition coefficient (Wildman–Crippen LogP) is 5.50. The zero-order valence-electron chi connectivity index (χ0n) is 22.0. The zero-order chi connectivity index (χ0) is 24.6. The number of rotatable bonds is 4. The van der Waals surface area contributed by atoms with Gasteiger partial charge in [-0.05, 0) is 124 Å².